The number of nitro benzene ring substituents is 1. The number of nitro groups is 1. The SMILES string of the molecule is O=[N+]([O-])c1ccc(N/N=C/c2cc(Br)c(OCc3ccc(F)cc3)c(Br)c2)cc1. The number of ether oxygens (including phenoxy) is 1. The van der Waals surface area contributed by atoms with Crippen LogP contribution in [0.1, 0.15) is 11.1 Å². The Morgan fingerprint density at radius 1 is 1.07 bits per heavy atom. The Hall–Kier alpha value is -2.78. The minimum Gasteiger partial charge on any atom is -0.487 e. The highest BCUT2D eigenvalue weighted by Gasteiger charge is 2.09. The minimum atomic E-state index is -0.457. The molecule has 0 aliphatic rings. The van der Waals surface area contributed by atoms with Crippen molar-refractivity contribution in [2.45, 2.75) is 6.61 Å². The highest BCUT2D eigenvalue weighted by Crippen LogP contribution is 2.35. The number of rotatable bonds is 7. The Morgan fingerprint density at radius 2 is 1.69 bits per heavy atom. The van der Waals surface area contributed by atoms with E-state index >= 15 is 0 Å². The molecule has 0 saturated carbocycles. The fourth-order valence-corrected chi connectivity index (χ4v) is 3.82. The van der Waals surface area contributed by atoms with Crippen LogP contribution in [-0.4, -0.2) is 11.1 Å². The van der Waals surface area contributed by atoms with Crippen molar-refractivity contribution in [3.63, 3.8) is 0 Å². The maximum Gasteiger partial charge on any atom is 0.269 e. The zero-order chi connectivity index (χ0) is 20.8. The third kappa shape index (κ3) is 5.85. The largest absolute Gasteiger partial charge is 0.487 e. The molecule has 0 spiro atoms. The lowest BCUT2D eigenvalue weighted by Gasteiger charge is -2.11. The van der Waals surface area contributed by atoms with Gasteiger partial charge in [0, 0.05) is 12.1 Å². The first kappa shape index (κ1) is 20.9. The summed E-state index contributed by atoms with van der Waals surface area (Å²) in [5.74, 6) is 0.330. The summed E-state index contributed by atoms with van der Waals surface area (Å²) in [5, 5.41) is 14.8. The Labute approximate surface area is 182 Å². The molecule has 0 radical (unpaired) electrons. The molecule has 3 aromatic rings. The number of hydrogen-bond acceptors (Lipinski definition) is 5. The topological polar surface area (TPSA) is 76.8 Å². The summed E-state index contributed by atoms with van der Waals surface area (Å²) in [6.45, 7) is 0.298. The minimum absolute atomic E-state index is 0.0172. The smallest absolute Gasteiger partial charge is 0.269 e. The first-order valence-corrected chi connectivity index (χ1v) is 9.91. The molecular weight excluding hydrogens is 509 g/mol. The second kappa shape index (κ2) is 9.62. The Bertz CT molecular complexity index is 1020. The van der Waals surface area contributed by atoms with Crippen molar-refractivity contribution < 1.29 is 14.1 Å². The summed E-state index contributed by atoms with van der Waals surface area (Å²) in [6, 6.07) is 15.8. The van der Waals surface area contributed by atoms with E-state index in [2.05, 4.69) is 42.4 Å². The van der Waals surface area contributed by atoms with Crippen LogP contribution in [0.25, 0.3) is 0 Å². The van der Waals surface area contributed by atoms with Crippen molar-refractivity contribution in [1.82, 2.24) is 0 Å². The number of nitrogens with zero attached hydrogens (tertiary/aromatic N) is 2. The van der Waals surface area contributed by atoms with E-state index < -0.39 is 4.92 Å². The molecule has 0 aliphatic carbocycles. The van der Waals surface area contributed by atoms with Gasteiger partial charge in [0.05, 0.1) is 25.8 Å². The van der Waals surface area contributed by atoms with Crippen LogP contribution >= 0.6 is 31.9 Å². The fraction of sp³-hybridized carbons (Fsp3) is 0.0500. The summed E-state index contributed by atoms with van der Waals surface area (Å²) in [4.78, 5) is 10.2. The molecule has 0 bridgehead atoms. The van der Waals surface area contributed by atoms with Crippen molar-refractivity contribution in [2.24, 2.45) is 5.10 Å². The Balaban J connectivity index is 1.64. The number of nitrogens with one attached hydrogen (secondary N) is 1. The molecule has 0 unspecified atom stereocenters. The van der Waals surface area contributed by atoms with Crippen LogP contribution < -0.4 is 10.2 Å². The molecule has 29 heavy (non-hydrogen) atoms. The van der Waals surface area contributed by atoms with Gasteiger partial charge in [-0.1, -0.05) is 12.1 Å². The van der Waals surface area contributed by atoms with Gasteiger partial charge in [-0.25, -0.2) is 4.39 Å². The van der Waals surface area contributed by atoms with Crippen LogP contribution in [0.4, 0.5) is 15.8 Å². The molecule has 148 valence electrons. The zero-order valence-corrected chi connectivity index (χ0v) is 18.0. The van der Waals surface area contributed by atoms with Crippen LogP contribution in [0.15, 0.2) is 74.7 Å². The first-order chi connectivity index (χ1) is 13.9. The summed E-state index contributed by atoms with van der Waals surface area (Å²) >= 11 is 6.96. The van der Waals surface area contributed by atoms with E-state index in [1.807, 2.05) is 12.1 Å². The van der Waals surface area contributed by atoms with Gasteiger partial charge in [-0.2, -0.15) is 5.10 Å². The number of non-ortho nitro benzene ring substituents is 1. The molecule has 1 N–H and O–H groups in total. The summed E-state index contributed by atoms with van der Waals surface area (Å²) in [5.41, 5.74) is 5.11. The maximum atomic E-state index is 13.0. The van der Waals surface area contributed by atoms with E-state index in [4.69, 9.17) is 4.74 Å². The quantitative estimate of drug-likeness (QED) is 0.225. The van der Waals surface area contributed by atoms with E-state index in [0.29, 0.717) is 18.0 Å². The van der Waals surface area contributed by atoms with Gasteiger partial charge in [0.2, 0.25) is 0 Å². The monoisotopic (exact) mass is 521 g/mol. The fourth-order valence-electron chi connectivity index (χ4n) is 2.37. The molecule has 0 atom stereocenters. The normalized spacial score (nSPS) is 10.9. The predicted octanol–water partition coefficient (Wildman–Crippen LogP) is 6.28. The van der Waals surface area contributed by atoms with Crippen LogP contribution in [0.2, 0.25) is 0 Å². The molecule has 0 heterocycles. The van der Waals surface area contributed by atoms with Crippen molar-refractivity contribution in [1.29, 1.82) is 0 Å². The second-order valence-corrected chi connectivity index (χ2v) is 7.61. The first-order valence-electron chi connectivity index (χ1n) is 8.32. The highest BCUT2D eigenvalue weighted by atomic mass is 79.9. The van der Waals surface area contributed by atoms with Gasteiger partial charge in [0.15, 0.2) is 0 Å². The van der Waals surface area contributed by atoms with Gasteiger partial charge in [-0.3, -0.25) is 15.5 Å². The number of halogens is 3. The van der Waals surface area contributed by atoms with Crippen LogP contribution in [0.3, 0.4) is 0 Å². The molecular formula is C20H14Br2FN3O3. The van der Waals surface area contributed by atoms with Crippen LogP contribution in [0.5, 0.6) is 5.75 Å². The standard InChI is InChI=1S/C20H14Br2FN3O3/c21-18-9-14(11-24-25-16-5-7-17(8-6-16)26(27)28)10-19(22)20(18)29-12-13-1-3-15(23)4-2-13/h1-11,25H,12H2/b24-11+. The van der Waals surface area contributed by atoms with Gasteiger partial charge in [-0.05, 0) is 79.4 Å². The highest BCUT2D eigenvalue weighted by molar-refractivity contribution is 9.11. The molecule has 3 aromatic carbocycles. The van der Waals surface area contributed by atoms with Crippen LogP contribution in [0, 0.1) is 15.9 Å². The van der Waals surface area contributed by atoms with Crippen LogP contribution in [-0.2, 0) is 6.61 Å². The lowest BCUT2D eigenvalue weighted by Crippen LogP contribution is -1.98. The Morgan fingerprint density at radius 3 is 2.28 bits per heavy atom. The average Bonchev–Trinajstić information content (AvgIpc) is 2.69. The molecule has 0 saturated heterocycles. The van der Waals surface area contributed by atoms with Crippen molar-refractivity contribution in [3.05, 3.63) is 96.7 Å². The van der Waals surface area contributed by atoms with Gasteiger partial charge in [0.1, 0.15) is 18.2 Å². The number of anilines is 1. The van der Waals surface area contributed by atoms with Gasteiger partial charge in [0.25, 0.3) is 5.69 Å². The zero-order valence-electron chi connectivity index (χ0n) is 14.8. The van der Waals surface area contributed by atoms with Crippen molar-refractivity contribution in [3.8, 4) is 5.75 Å². The van der Waals surface area contributed by atoms with E-state index in [1.165, 1.54) is 24.3 Å². The summed E-state index contributed by atoms with van der Waals surface area (Å²) in [7, 11) is 0. The molecule has 0 amide bonds. The molecule has 0 aromatic heterocycles. The number of hydrazone groups is 1. The van der Waals surface area contributed by atoms with E-state index in [-0.39, 0.29) is 11.5 Å². The maximum absolute atomic E-state index is 13.0. The summed E-state index contributed by atoms with van der Waals surface area (Å²) in [6.07, 6.45) is 1.61. The molecule has 3 rings (SSSR count). The third-order valence-electron chi connectivity index (χ3n) is 3.80. The van der Waals surface area contributed by atoms with Gasteiger partial charge < -0.3 is 4.74 Å². The molecule has 0 aliphatic heterocycles. The number of benzene rings is 3. The van der Waals surface area contributed by atoms with Crippen molar-refractivity contribution in [2.75, 3.05) is 5.43 Å². The van der Waals surface area contributed by atoms with E-state index in [1.54, 1.807) is 30.5 Å². The average molecular weight is 523 g/mol. The lowest BCUT2D eigenvalue weighted by atomic mass is 10.2. The van der Waals surface area contributed by atoms with E-state index in [9.17, 15) is 14.5 Å². The van der Waals surface area contributed by atoms with Crippen molar-refractivity contribution >= 4 is 49.4 Å². The lowest BCUT2D eigenvalue weighted by molar-refractivity contribution is -0.384. The molecule has 6 nitrogen and oxygen atoms in total. The molecule has 0 fully saturated rings. The summed E-state index contributed by atoms with van der Waals surface area (Å²) < 4.78 is 20.3. The van der Waals surface area contributed by atoms with E-state index in [0.717, 1.165) is 20.1 Å². The van der Waals surface area contributed by atoms with Gasteiger partial charge in [-0.15, -0.1) is 0 Å². The molecule has 9 heteroatoms. The second-order valence-electron chi connectivity index (χ2n) is 5.90. The number of hydrogen-bond donors (Lipinski definition) is 1. The van der Waals surface area contributed by atoms with Gasteiger partial charge >= 0.3 is 0 Å². The Kier molecular flexibility index (Phi) is 6.95. The third-order valence-corrected chi connectivity index (χ3v) is 4.98. The predicted molar refractivity (Wildman–Crippen MR) is 117 cm³/mol.